The minimum Gasteiger partial charge on any atom is -0.461 e. The Balaban J connectivity index is 2.67. The molecule has 2 heterocycles. The number of nitrogens with one attached hydrogen (secondary N) is 1. The summed E-state index contributed by atoms with van der Waals surface area (Å²) < 4.78 is 7.20. The molecule has 2 rings (SSSR count). The van der Waals surface area contributed by atoms with Crippen LogP contribution in [-0.4, -0.2) is 27.6 Å². The first kappa shape index (κ1) is 17.5. The molecule has 0 bridgehead atoms. The van der Waals surface area contributed by atoms with E-state index in [2.05, 4.69) is 5.43 Å². The minimum atomic E-state index is -0.646. The maximum absolute atomic E-state index is 12.4. The van der Waals surface area contributed by atoms with Gasteiger partial charge in [0.25, 0.3) is 5.56 Å². The fourth-order valence-corrected chi connectivity index (χ4v) is 2.47. The number of hydrogen-bond donors (Lipinski definition) is 1. The van der Waals surface area contributed by atoms with Crippen LogP contribution in [0, 0.1) is 0 Å². The summed E-state index contributed by atoms with van der Waals surface area (Å²) in [5.74, 6) is -0.852. The number of hydrogen-bond acceptors (Lipinski definition) is 6. The number of anilines is 1. The molecule has 0 spiro atoms. The number of esters is 1. The van der Waals surface area contributed by atoms with Gasteiger partial charge in [0.05, 0.1) is 12.2 Å². The fraction of sp³-hybridized carbons (Fsp3) is 0.467. The van der Waals surface area contributed by atoms with E-state index in [1.807, 2.05) is 0 Å². The third-order valence-electron chi connectivity index (χ3n) is 3.72. The van der Waals surface area contributed by atoms with E-state index in [4.69, 9.17) is 4.74 Å². The number of carbonyl (C=O) groups is 2. The summed E-state index contributed by atoms with van der Waals surface area (Å²) >= 11 is 0. The monoisotopic (exact) mass is 336 g/mol. The number of ether oxygens (including phenoxy) is 1. The van der Waals surface area contributed by atoms with E-state index in [0.717, 1.165) is 9.58 Å². The van der Waals surface area contributed by atoms with Gasteiger partial charge in [-0.2, -0.15) is 0 Å². The largest absolute Gasteiger partial charge is 0.461 e. The van der Waals surface area contributed by atoms with Crippen LogP contribution in [0.3, 0.4) is 0 Å². The summed E-state index contributed by atoms with van der Waals surface area (Å²) in [5, 5.41) is 1.16. The zero-order valence-electron chi connectivity index (χ0n) is 14.1. The Labute approximate surface area is 138 Å². The second-order valence-corrected chi connectivity index (χ2v) is 5.25. The van der Waals surface area contributed by atoms with Crippen LogP contribution >= 0.6 is 0 Å². The van der Waals surface area contributed by atoms with E-state index in [1.54, 1.807) is 13.8 Å². The van der Waals surface area contributed by atoms with Crippen LogP contribution in [-0.2, 0) is 34.8 Å². The molecule has 0 unspecified atom stereocenters. The number of fused-ring (bicyclic) bond motifs is 1. The first-order chi connectivity index (χ1) is 11.3. The van der Waals surface area contributed by atoms with Crippen LogP contribution < -0.4 is 21.7 Å². The van der Waals surface area contributed by atoms with Crippen molar-refractivity contribution >= 4 is 17.7 Å². The predicted octanol–water partition coefficient (Wildman–Crippen LogP) is -0.665. The maximum atomic E-state index is 12.4. The topological polar surface area (TPSA) is 103 Å². The highest BCUT2D eigenvalue weighted by Crippen LogP contribution is 2.25. The van der Waals surface area contributed by atoms with Crippen LogP contribution in [0.15, 0.2) is 21.4 Å². The molecule has 0 aromatic carbocycles. The number of allylic oxidation sites excluding steroid dienone is 1. The molecule has 0 atom stereocenters. The second kappa shape index (κ2) is 6.73. The van der Waals surface area contributed by atoms with E-state index in [-0.39, 0.29) is 36.9 Å². The van der Waals surface area contributed by atoms with Crippen LogP contribution in [0.5, 0.6) is 0 Å². The number of hydrazine groups is 1. The summed E-state index contributed by atoms with van der Waals surface area (Å²) in [6.45, 7) is 3.47. The third kappa shape index (κ3) is 2.84. The lowest BCUT2D eigenvalue weighted by Crippen LogP contribution is -2.51. The Morgan fingerprint density at radius 3 is 2.46 bits per heavy atom. The number of rotatable bonds is 4. The molecule has 1 aliphatic heterocycles. The Kier molecular flexibility index (Phi) is 4.91. The van der Waals surface area contributed by atoms with Crippen molar-refractivity contribution in [3.8, 4) is 0 Å². The van der Waals surface area contributed by atoms with Crippen molar-refractivity contribution in [1.82, 2.24) is 14.6 Å². The molecule has 9 nitrogen and oxygen atoms in total. The molecule has 9 heteroatoms. The van der Waals surface area contributed by atoms with Gasteiger partial charge in [-0.3, -0.25) is 24.1 Å². The molecule has 130 valence electrons. The Morgan fingerprint density at radius 1 is 1.21 bits per heavy atom. The predicted molar refractivity (Wildman–Crippen MR) is 86.3 cm³/mol. The number of amides is 1. The van der Waals surface area contributed by atoms with Gasteiger partial charge in [-0.1, -0.05) is 6.92 Å². The molecular formula is C15H20N4O5. The van der Waals surface area contributed by atoms with E-state index in [9.17, 15) is 19.2 Å². The van der Waals surface area contributed by atoms with Gasteiger partial charge < -0.3 is 4.74 Å². The van der Waals surface area contributed by atoms with Crippen molar-refractivity contribution in [3.63, 3.8) is 0 Å². The van der Waals surface area contributed by atoms with Crippen molar-refractivity contribution in [2.75, 3.05) is 11.6 Å². The number of carbonyl (C=O) groups excluding carboxylic acids is 2. The lowest BCUT2D eigenvalue weighted by molar-refractivity contribution is -0.138. The highest BCUT2D eigenvalue weighted by Gasteiger charge is 2.31. The molecule has 24 heavy (non-hydrogen) atoms. The van der Waals surface area contributed by atoms with Crippen molar-refractivity contribution in [2.45, 2.75) is 26.7 Å². The summed E-state index contributed by atoms with van der Waals surface area (Å²) in [6.07, 6.45) is 1.83. The van der Waals surface area contributed by atoms with Gasteiger partial charge in [-0.05, 0) is 13.0 Å². The Morgan fingerprint density at radius 2 is 1.88 bits per heavy atom. The summed E-state index contributed by atoms with van der Waals surface area (Å²) in [6, 6.07) is 0. The van der Waals surface area contributed by atoms with E-state index >= 15 is 0 Å². The Hall–Kier alpha value is -2.84. The van der Waals surface area contributed by atoms with Crippen LogP contribution in [0.4, 0.5) is 5.82 Å². The van der Waals surface area contributed by atoms with Crippen LogP contribution in [0.25, 0.3) is 0 Å². The summed E-state index contributed by atoms with van der Waals surface area (Å²) in [5.41, 5.74) is 1.89. The molecule has 1 aromatic heterocycles. The first-order valence-corrected chi connectivity index (χ1v) is 7.59. The molecule has 0 aliphatic carbocycles. The zero-order chi connectivity index (χ0) is 18.0. The second-order valence-electron chi connectivity index (χ2n) is 5.25. The summed E-state index contributed by atoms with van der Waals surface area (Å²) in [4.78, 5) is 48.6. The van der Waals surface area contributed by atoms with Crippen molar-refractivity contribution < 1.29 is 14.3 Å². The van der Waals surface area contributed by atoms with Gasteiger partial charge in [-0.25, -0.2) is 14.6 Å². The van der Waals surface area contributed by atoms with Gasteiger partial charge >= 0.3 is 11.7 Å². The molecule has 0 saturated carbocycles. The SMILES string of the molecule is CCOC(=O)C1=CCc2c(n(C)c(=O)n(C)c2=O)N1NC(=O)CC. The van der Waals surface area contributed by atoms with Gasteiger partial charge in [0.1, 0.15) is 11.5 Å². The molecule has 0 saturated heterocycles. The third-order valence-corrected chi connectivity index (χ3v) is 3.72. The van der Waals surface area contributed by atoms with Gasteiger partial charge in [0.15, 0.2) is 0 Å². The molecular weight excluding hydrogens is 316 g/mol. The molecule has 0 radical (unpaired) electrons. The lowest BCUT2D eigenvalue weighted by atomic mass is 10.1. The standard InChI is InChI=1S/C15H20N4O5/c1-5-11(20)16-19-10(14(22)24-6-2)8-7-9-12(19)17(3)15(23)18(4)13(9)21/h8H,5-7H2,1-4H3,(H,16,20). The minimum absolute atomic E-state index is 0.0643. The fourth-order valence-electron chi connectivity index (χ4n) is 2.47. The molecule has 1 aromatic rings. The molecule has 1 N–H and O–H groups in total. The van der Waals surface area contributed by atoms with E-state index < -0.39 is 17.2 Å². The highest BCUT2D eigenvalue weighted by atomic mass is 16.5. The molecule has 1 aliphatic rings. The average Bonchev–Trinajstić information content (AvgIpc) is 2.57. The van der Waals surface area contributed by atoms with Crippen LogP contribution in [0.1, 0.15) is 25.8 Å². The number of nitrogens with zero attached hydrogens (tertiary/aromatic N) is 3. The quantitative estimate of drug-likeness (QED) is 0.732. The molecule has 0 fully saturated rings. The Bertz CT molecular complexity index is 833. The van der Waals surface area contributed by atoms with Crippen LogP contribution in [0.2, 0.25) is 0 Å². The normalized spacial score (nSPS) is 13.2. The maximum Gasteiger partial charge on any atom is 0.356 e. The van der Waals surface area contributed by atoms with Gasteiger partial charge in [0.2, 0.25) is 5.91 Å². The lowest BCUT2D eigenvalue weighted by Gasteiger charge is -2.32. The van der Waals surface area contributed by atoms with Gasteiger partial charge in [-0.15, -0.1) is 0 Å². The average molecular weight is 336 g/mol. The van der Waals surface area contributed by atoms with Crippen molar-refractivity contribution in [1.29, 1.82) is 0 Å². The first-order valence-electron chi connectivity index (χ1n) is 7.59. The van der Waals surface area contributed by atoms with E-state index in [1.165, 1.54) is 24.7 Å². The summed E-state index contributed by atoms with van der Waals surface area (Å²) in [7, 11) is 2.85. The van der Waals surface area contributed by atoms with E-state index in [0.29, 0.717) is 5.56 Å². The zero-order valence-corrected chi connectivity index (χ0v) is 14.1. The highest BCUT2D eigenvalue weighted by molar-refractivity contribution is 5.95. The van der Waals surface area contributed by atoms with Crippen molar-refractivity contribution in [2.24, 2.45) is 14.1 Å². The van der Waals surface area contributed by atoms with Gasteiger partial charge in [0, 0.05) is 26.9 Å². The smallest absolute Gasteiger partial charge is 0.356 e. The number of aromatic nitrogens is 2. The molecule has 1 amide bonds. The van der Waals surface area contributed by atoms with Crippen molar-refractivity contribution in [3.05, 3.63) is 38.2 Å².